The molecule has 4 aromatic rings. The van der Waals surface area contributed by atoms with Crippen molar-refractivity contribution in [1.82, 2.24) is 20.2 Å². The first-order valence-corrected chi connectivity index (χ1v) is 10.4. The number of halogens is 3. The molecule has 7 nitrogen and oxygen atoms in total. The van der Waals surface area contributed by atoms with Crippen LogP contribution in [0.1, 0.15) is 12.8 Å². The predicted octanol–water partition coefficient (Wildman–Crippen LogP) is 4.70. The number of H-pyrrole nitrogens is 1. The number of aliphatic hydroxyl groups is 1. The normalized spacial score (nSPS) is 14.8. The largest absolute Gasteiger partial charge is 0.421 e. The van der Waals surface area contributed by atoms with Gasteiger partial charge in [0.2, 0.25) is 0 Å². The van der Waals surface area contributed by atoms with E-state index in [2.05, 4.69) is 20.2 Å². The van der Waals surface area contributed by atoms with Crippen molar-refractivity contribution < 1.29 is 18.6 Å². The van der Waals surface area contributed by atoms with Gasteiger partial charge in [0.1, 0.15) is 11.6 Å². The number of hydrogen-bond acceptors (Lipinski definition) is 6. The van der Waals surface area contributed by atoms with Gasteiger partial charge in [0.05, 0.1) is 17.2 Å². The number of aromatic nitrogens is 4. The third-order valence-electron chi connectivity index (χ3n) is 5.38. The summed E-state index contributed by atoms with van der Waals surface area (Å²) in [7, 11) is 0. The number of benzene rings is 2. The van der Waals surface area contributed by atoms with Crippen molar-refractivity contribution >= 4 is 28.5 Å². The highest BCUT2D eigenvalue weighted by molar-refractivity contribution is 6.33. The minimum atomic E-state index is -0.866. The molecule has 2 aromatic carbocycles. The number of hydrogen-bond donors (Lipinski definition) is 2. The van der Waals surface area contributed by atoms with E-state index in [0.717, 1.165) is 17.7 Å². The zero-order chi connectivity index (χ0) is 22.2. The molecular weight excluding hydrogens is 440 g/mol. The molecule has 0 bridgehead atoms. The lowest BCUT2D eigenvalue weighted by Crippen LogP contribution is -2.36. The van der Waals surface area contributed by atoms with Gasteiger partial charge in [-0.2, -0.15) is 15.1 Å². The second-order valence-corrected chi connectivity index (χ2v) is 7.91. The van der Waals surface area contributed by atoms with Crippen molar-refractivity contribution in [3.05, 3.63) is 59.1 Å². The van der Waals surface area contributed by atoms with Crippen LogP contribution in [0.2, 0.25) is 5.02 Å². The van der Waals surface area contributed by atoms with Crippen LogP contribution in [0.25, 0.3) is 22.3 Å². The van der Waals surface area contributed by atoms with Crippen molar-refractivity contribution in [3.8, 4) is 23.0 Å². The Morgan fingerprint density at radius 1 is 1.09 bits per heavy atom. The molecule has 3 heterocycles. The molecule has 32 heavy (non-hydrogen) atoms. The molecule has 0 amide bonds. The molecule has 1 aliphatic heterocycles. The number of nitrogens with zero attached hydrogens (tertiary/aromatic N) is 4. The maximum Gasteiger partial charge on any atom is 0.326 e. The van der Waals surface area contributed by atoms with Crippen LogP contribution >= 0.6 is 11.6 Å². The van der Waals surface area contributed by atoms with Crippen LogP contribution in [0.3, 0.4) is 0 Å². The van der Waals surface area contributed by atoms with Crippen molar-refractivity contribution in [2.45, 2.75) is 18.9 Å². The Balaban J connectivity index is 1.64. The lowest BCUT2D eigenvalue weighted by atomic mass is 10.1. The standard InChI is InChI=1S/C22H18ClF2N5O2/c23-15-4-2-1-3-14(15)19-18-20(29-28-19)26-22(32-17-6-5-12(24)11-16(17)25)27-21(18)30-9-7-13(31)8-10-30/h1-6,11,13,31H,7-10H2,(H,26,27,28,29). The van der Waals surface area contributed by atoms with Gasteiger partial charge in [-0.25, -0.2) is 8.78 Å². The zero-order valence-corrected chi connectivity index (χ0v) is 17.5. The minimum Gasteiger partial charge on any atom is -0.421 e. The topological polar surface area (TPSA) is 87.2 Å². The molecule has 1 fully saturated rings. The second-order valence-electron chi connectivity index (χ2n) is 7.50. The highest BCUT2D eigenvalue weighted by atomic mass is 35.5. The summed E-state index contributed by atoms with van der Waals surface area (Å²) in [5.41, 5.74) is 1.69. The van der Waals surface area contributed by atoms with E-state index in [1.807, 2.05) is 23.1 Å². The maximum atomic E-state index is 14.1. The van der Waals surface area contributed by atoms with E-state index in [1.54, 1.807) is 6.07 Å². The van der Waals surface area contributed by atoms with Crippen LogP contribution in [0.4, 0.5) is 14.6 Å². The Bertz CT molecular complexity index is 1290. The first-order chi connectivity index (χ1) is 15.5. The van der Waals surface area contributed by atoms with Crippen molar-refractivity contribution in [3.63, 3.8) is 0 Å². The average Bonchev–Trinajstić information content (AvgIpc) is 3.20. The summed E-state index contributed by atoms with van der Waals surface area (Å²) < 4.78 is 32.9. The van der Waals surface area contributed by atoms with Gasteiger partial charge in [-0.1, -0.05) is 29.8 Å². The number of anilines is 1. The van der Waals surface area contributed by atoms with E-state index < -0.39 is 11.6 Å². The first-order valence-electron chi connectivity index (χ1n) is 10.1. The Labute approximate surface area is 186 Å². The van der Waals surface area contributed by atoms with Crippen LogP contribution in [0.15, 0.2) is 42.5 Å². The molecule has 10 heteroatoms. The molecule has 1 aliphatic rings. The van der Waals surface area contributed by atoms with E-state index in [-0.39, 0.29) is 17.9 Å². The summed E-state index contributed by atoms with van der Waals surface area (Å²) in [6, 6.07) is 10.2. The molecule has 0 saturated carbocycles. The van der Waals surface area contributed by atoms with Gasteiger partial charge in [0.15, 0.2) is 17.2 Å². The molecule has 2 aromatic heterocycles. The lowest BCUT2D eigenvalue weighted by Gasteiger charge is -2.31. The van der Waals surface area contributed by atoms with E-state index in [4.69, 9.17) is 16.3 Å². The number of ether oxygens (including phenoxy) is 1. The molecule has 0 unspecified atom stereocenters. The number of piperidine rings is 1. The molecule has 0 atom stereocenters. The van der Waals surface area contributed by atoms with Crippen molar-refractivity contribution in [2.24, 2.45) is 0 Å². The molecule has 164 valence electrons. The zero-order valence-electron chi connectivity index (χ0n) is 16.7. The van der Waals surface area contributed by atoms with Crippen LogP contribution in [-0.4, -0.2) is 44.5 Å². The molecule has 2 N–H and O–H groups in total. The number of fused-ring (bicyclic) bond motifs is 1. The van der Waals surface area contributed by atoms with Gasteiger partial charge < -0.3 is 14.7 Å². The molecule has 0 spiro atoms. The van der Waals surface area contributed by atoms with Gasteiger partial charge in [-0.3, -0.25) is 5.10 Å². The van der Waals surface area contributed by atoms with E-state index in [1.165, 1.54) is 6.07 Å². The molecular formula is C22H18ClF2N5O2. The molecule has 0 aliphatic carbocycles. The lowest BCUT2D eigenvalue weighted by molar-refractivity contribution is 0.145. The van der Waals surface area contributed by atoms with Crippen molar-refractivity contribution in [1.29, 1.82) is 0 Å². The SMILES string of the molecule is OC1CCN(c2nc(Oc3ccc(F)cc3F)nc3n[nH]c(-c4ccccc4Cl)c23)CC1. The number of aromatic amines is 1. The summed E-state index contributed by atoms with van der Waals surface area (Å²) >= 11 is 6.41. The number of nitrogens with one attached hydrogen (secondary N) is 1. The van der Waals surface area contributed by atoms with Gasteiger partial charge >= 0.3 is 6.01 Å². The van der Waals surface area contributed by atoms with Gasteiger partial charge in [0.25, 0.3) is 0 Å². The van der Waals surface area contributed by atoms with E-state index >= 15 is 0 Å². The fourth-order valence-electron chi connectivity index (χ4n) is 3.75. The highest BCUT2D eigenvalue weighted by Gasteiger charge is 2.26. The van der Waals surface area contributed by atoms with Gasteiger partial charge in [-0.15, -0.1) is 0 Å². The van der Waals surface area contributed by atoms with Crippen LogP contribution in [-0.2, 0) is 0 Å². The number of rotatable bonds is 4. The van der Waals surface area contributed by atoms with Crippen LogP contribution in [0.5, 0.6) is 11.8 Å². The fourth-order valence-corrected chi connectivity index (χ4v) is 3.98. The van der Waals surface area contributed by atoms with Crippen LogP contribution in [0, 0.1) is 11.6 Å². The Kier molecular flexibility index (Phi) is 5.36. The molecule has 1 saturated heterocycles. The maximum absolute atomic E-state index is 14.1. The third-order valence-corrected chi connectivity index (χ3v) is 5.71. The van der Waals surface area contributed by atoms with E-state index in [9.17, 15) is 13.9 Å². The van der Waals surface area contributed by atoms with E-state index in [0.29, 0.717) is 53.5 Å². The quantitative estimate of drug-likeness (QED) is 0.461. The Morgan fingerprint density at radius 2 is 1.88 bits per heavy atom. The first kappa shape index (κ1) is 20.6. The third kappa shape index (κ3) is 3.85. The Hall–Kier alpha value is -3.30. The fraction of sp³-hybridized carbons (Fsp3) is 0.227. The number of aliphatic hydroxyl groups excluding tert-OH is 1. The highest BCUT2D eigenvalue weighted by Crippen LogP contribution is 2.38. The molecule has 5 rings (SSSR count). The second kappa shape index (κ2) is 8.33. The van der Waals surface area contributed by atoms with Crippen LogP contribution < -0.4 is 9.64 Å². The monoisotopic (exact) mass is 457 g/mol. The summed E-state index contributed by atoms with van der Waals surface area (Å²) in [6.45, 7) is 1.12. The molecule has 0 radical (unpaired) electrons. The smallest absolute Gasteiger partial charge is 0.326 e. The summed E-state index contributed by atoms with van der Waals surface area (Å²) in [5.74, 6) is -1.25. The predicted molar refractivity (Wildman–Crippen MR) is 116 cm³/mol. The minimum absolute atomic E-state index is 0.124. The summed E-state index contributed by atoms with van der Waals surface area (Å²) in [5, 5.41) is 18.4. The van der Waals surface area contributed by atoms with Gasteiger partial charge in [-0.05, 0) is 31.0 Å². The Morgan fingerprint density at radius 3 is 2.62 bits per heavy atom. The van der Waals surface area contributed by atoms with Gasteiger partial charge in [0, 0.05) is 29.7 Å². The average molecular weight is 458 g/mol. The summed E-state index contributed by atoms with van der Waals surface area (Å²) in [4.78, 5) is 10.9. The summed E-state index contributed by atoms with van der Waals surface area (Å²) in [6.07, 6.45) is 0.779. The van der Waals surface area contributed by atoms with Crippen molar-refractivity contribution in [2.75, 3.05) is 18.0 Å².